The van der Waals surface area contributed by atoms with Gasteiger partial charge >= 0.3 is 0 Å². The number of benzene rings is 1. The molecule has 0 atom stereocenters. The molecular weight excluding hydrogens is 250 g/mol. The highest BCUT2D eigenvalue weighted by molar-refractivity contribution is 5.19. The van der Waals surface area contributed by atoms with Gasteiger partial charge in [-0.3, -0.25) is 0 Å². The predicted octanol–water partition coefficient (Wildman–Crippen LogP) is 1.86. The van der Waals surface area contributed by atoms with E-state index in [1.165, 1.54) is 23.6 Å². The third-order valence-corrected chi connectivity index (χ3v) is 3.10. The molecule has 1 N–H and O–H groups in total. The molecule has 1 heterocycles. The SMILES string of the molecule is Fc1cccc(Cn2cc(CNC3CC3)nn2)c1F. The van der Waals surface area contributed by atoms with Crippen molar-refractivity contribution < 1.29 is 8.78 Å². The maximum atomic E-state index is 13.5. The van der Waals surface area contributed by atoms with E-state index in [1.807, 2.05) is 0 Å². The molecular formula is C13H14F2N4. The number of hydrogen-bond donors (Lipinski definition) is 1. The number of halogens is 2. The highest BCUT2D eigenvalue weighted by Gasteiger charge is 2.20. The zero-order valence-electron chi connectivity index (χ0n) is 10.3. The summed E-state index contributed by atoms with van der Waals surface area (Å²) in [5, 5.41) is 11.2. The lowest BCUT2D eigenvalue weighted by Gasteiger charge is -2.03. The van der Waals surface area contributed by atoms with Crippen molar-refractivity contribution in [3.05, 3.63) is 47.3 Å². The van der Waals surface area contributed by atoms with Crippen LogP contribution in [0.15, 0.2) is 24.4 Å². The molecule has 0 spiro atoms. The average Bonchev–Trinajstić information content (AvgIpc) is 3.13. The van der Waals surface area contributed by atoms with E-state index in [0.717, 1.165) is 11.8 Å². The average molecular weight is 264 g/mol. The largest absolute Gasteiger partial charge is 0.308 e. The van der Waals surface area contributed by atoms with Crippen LogP contribution in [0.1, 0.15) is 24.1 Å². The topological polar surface area (TPSA) is 42.7 Å². The second-order valence-corrected chi connectivity index (χ2v) is 4.78. The summed E-state index contributed by atoms with van der Waals surface area (Å²) in [6.07, 6.45) is 4.17. The summed E-state index contributed by atoms with van der Waals surface area (Å²) in [5.41, 5.74) is 1.08. The molecule has 0 saturated heterocycles. The van der Waals surface area contributed by atoms with Gasteiger partial charge in [0.2, 0.25) is 0 Å². The highest BCUT2D eigenvalue weighted by Crippen LogP contribution is 2.19. The van der Waals surface area contributed by atoms with Gasteiger partial charge in [0.15, 0.2) is 11.6 Å². The molecule has 0 radical (unpaired) electrons. The van der Waals surface area contributed by atoms with Gasteiger partial charge < -0.3 is 5.32 Å². The molecule has 0 amide bonds. The summed E-state index contributed by atoms with van der Waals surface area (Å²) >= 11 is 0. The quantitative estimate of drug-likeness (QED) is 0.896. The van der Waals surface area contributed by atoms with E-state index in [9.17, 15) is 8.78 Å². The Hall–Kier alpha value is -1.82. The molecule has 1 saturated carbocycles. The maximum Gasteiger partial charge on any atom is 0.163 e. The van der Waals surface area contributed by atoms with Crippen molar-refractivity contribution in [2.24, 2.45) is 0 Å². The first kappa shape index (κ1) is 12.2. The fraction of sp³-hybridized carbons (Fsp3) is 0.385. The van der Waals surface area contributed by atoms with Crippen LogP contribution in [-0.4, -0.2) is 21.0 Å². The Labute approximate surface area is 109 Å². The van der Waals surface area contributed by atoms with Crippen LogP contribution in [-0.2, 0) is 13.1 Å². The second-order valence-electron chi connectivity index (χ2n) is 4.78. The van der Waals surface area contributed by atoms with Crippen molar-refractivity contribution in [1.29, 1.82) is 0 Å². The van der Waals surface area contributed by atoms with E-state index in [0.29, 0.717) is 12.6 Å². The van der Waals surface area contributed by atoms with Gasteiger partial charge in [0.25, 0.3) is 0 Å². The van der Waals surface area contributed by atoms with Crippen molar-refractivity contribution in [3.63, 3.8) is 0 Å². The molecule has 0 unspecified atom stereocenters. The van der Waals surface area contributed by atoms with Gasteiger partial charge in [-0.1, -0.05) is 17.3 Å². The summed E-state index contributed by atoms with van der Waals surface area (Å²) in [6, 6.07) is 4.74. The van der Waals surface area contributed by atoms with Crippen LogP contribution >= 0.6 is 0 Å². The van der Waals surface area contributed by atoms with Crippen LogP contribution in [0.3, 0.4) is 0 Å². The van der Waals surface area contributed by atoms with Crippen LogP contribution < -0.4 is 5.32 Å². The third kappa shape index (κ3) is 2.96. The van der Waals surface area contributed by atoms with E-state index in [-0.39, 0.29) is 12.1 Å². The van der Waals surface area contributed by atoms with Gasteiger partial charge in [0.05, 0.1) is 18.4 Å². The number of rotatable bonds is 5. The standard InChI is InChI=1S/C13H14F2N4/c14-12-3-1-2-9(13(12)15)7-19-8-11(17-18-19)6-16-10-4-5-10/h1-3,8,10,16H,4-7H2. The Balaban J connectivity index is 1.67. The minimum absolute atomic E-state index is 0.181. The van der Waals surface area contributed by atoms with Crippen LogP contribution in [0.4, 0.5) is 8.78 Å². The second kappa shape index (κ2) is 5.05. The van der Waals surface area contributed by atoms with Gasteiger partial charge in [-0.15, -0.1) is 5.10 Å². The van der Waals surface area contributed by atoms with E-state index in [2.05, 4.69) is 15.6 Å². The Morgan fingerprint density at radius 2 is 2.16 bits per heavy atom. The first-order valence-electron chi connectivity index (χ1n) is 6.27. The van der Waals surface area contributed by atoms with Gasteiger partial charge in [0.1, 0.15) is 0 Å². The molecule has 1 aliphatic carbocycles. The van der Waals surface area contributed by atoms with Crippen molar-refractivity contribution in [1.82, 2.24) is 20.3 Å². The van der Waals surface area contributed by atoms with Gasteiger partial charge in [-0.05, 0) is 18.9 Å². The number of nitrogens with zero attached hydrogens (tertiary/aromatic N) is 3. The Morgan fingerprint density at radius 1 is 1.32 bits per heavy atom. The smallest absolute Gasteiger partial charge is 0.163 e. The summed E-state index contributed by atoms with van der Waals surface area (Å²) < 4.78 is 28.1. The van der Waals surface area contributed by atoms with Gasteiger partial charge in [-0.2, -0.15) is 0 Å². The Bertz CT molecular complexity index is 578. The fourth-order valence-corrected chi connectivity index (χ4v) is 1.88. The molecule has 1 aliphatic rings. The molecule has 6 heteroatoms. The van der Waals surface area contributed by atoms with Crippen LogP contribution in [0.5, 0.6) is 0 Å². The van der Waals surface area contributed by atoms with E-state index in [4.69, 9.17) is 0 Å². The molecule has 1 aromatic heterocycles. The minimum atomic E-state index is -0.840. The third-order valence-electron chi connectivity index (χ3n) is 3.10. The lowest BCUT2D eigenvalue weighted by atomic mass is 10.2. The van der Waals surface area contributed by atoms with E-state index in [1.54, 1.807) is 12.3 Å². The van der Waals surface area contributed by atoms with Crippen molar-refractivity contribution in [2.45, 2.75) is 32.0 Å². The molecule has 19 heavy (non-hydrogen) atoms. The van der Waals surface area contributed by atoms with E-state index < -0.39 is 11.6 Å². The van der Waals surface area contributed by atoms with Gasteiger partial charge in [0, 0.05) is 18.2 Å². The van der Waals surface area contributed by atoms with Crippen molar-refractivity contribution in [2.75, 3.05) is 0 Å². The molecule has 100 valence electrons. The number of aromatic nitrogens is 3. The summed E-state index contributed by atoms with van der Waals surface area (Å²) in [4.78, 5) is 0. The first-order chi connectivity index (χ1) is 9.22. The fourth-order valence-electron chi connectivity index (χ4n) is 1.88. The summed E-state index contributed by atoms with van der Waals surface area (Å²) in [7, 11) is 0. The van der Waals surface area contributed by atoms with Gasteiger partial charge in [-0.25, -0.2) is 13.5 Å². The molecule has 3 rings (SSSR count). The van der Waals surface area contributed by atoms with Crippen molar-refractivity contribution in [3.8, 4) is 0 Å². The zero-order valence-corrected chi connectivity index (χ0v) is 10.3. The molecule has 2 aromatic rings. The monoisotopic (exact) mass is 264 g/mol. The highest BCUT2D eigenvalue weighted by atomic mass is 19.2. The summed E-state index contributed by atoms with van der Waals surface area (Å²) in [5.74, 6) is -1.66. The maximum absolute atomic E-state index is 13.5. The number of hydrogen-bond acceptors (Lipinski definition) is 3. The molecule has 1 fully saturated rings. The van der Waals surface area contributed by atoms with Crippen LogP contribution in [0.2, 0.25) is 0 Å². The molecule has 0 aliphatic heterocycles. The first-order valence-corrected chi connectivity index (χ1v) is 6.27. The normalized spacial score (nSPS) is 14.8. The molecule has 1 aromatic carbocycles. The predicted molar refractivity (Wildman–Crippen MR) is 65.3 cm³/mol. The van der Waals surface area contributed by atoms with E-state index >= 15 is 0 Å². The zero-order chi connectivity index (χ0) is 13.2. The van der Waals surface area contributed by atoms with Crippen molar-refractivity contribution >= 4 is 0 Å². The molecule has 4 nitrogen and oxygen atoms in total. The summed E-state index contributed by atoms with van der Waals surface area (Å²) in [6.45, 7) is 0.844. The lowest BCUT2D eigenvalue weighted by molar-refractivity contribution is 0.490. The van der Waals surface area contributed by atoms with Crippen LogP contribution in [0, 0.1) is 11.6 Å². The lowest BCUT2D eigenvalue weighted by Crippen LogP contribution is -2.15. The number of nitrogens with one attached hydrogen (secondary N) is 1. The Morgan fingerprint density at radius 3 is 2.95 bits per heavy atom. The molecule has 0 bridgehead atoms. The minimum Gasteiger partial charge on any atom is -0.308 e. The van der Waals surface area contributed by atoms with Crippen LogP contribution in [0.25, 0.3) is 0 Å². The Kier molecular flexibility index (Phi) is 3.25.